The molecule has 1 rings (SSSR count). The van der Waals surface area contributed by atoms with E-state index in [2.05, 4.69) is 13.8 Å². The Morgan fingerprint density at radius 3 is 1.92 bits per heavy atom. The first-order valence-corrected chi connectivity index (χ1v) is 9.87. The molecule has 1 aromatic carbocycles. The maximum Gasteiger partial charge on any atom is 0.204 e. The van der Waals surface area contributed by atoms with Crippen LogP contribution in [-0.4, -0.2) is 13.2 Å². The highest BCUT2D eigenvalue weighted by Gasteiger charge is 2.15. The Balaban J connectivity index is 2.33. The third kappa shape index (κ3) is 8.06. The molecule has 0 heterocycles. The van der Waals surface area contributed by atoms with Crippen LogP contribution in [0.15, 0.2) is 12.1 Å². The van der Waals surface area contributed by atoms with Gasteiger partial charge < -0.3 is 9.47 Å². The summed E-state index contributed by atoms with van der Waals surface area (Å²) in [7, 11) is 0. The van der Waals surface area contributed by atoms with Crippen molar-refractivity contribution in [2.75, 3.05) is 13.2 Å². The van der Waals surface area contributed by atoms with E-state index < -0.39 is 11.6 Å². The minimum absolute atomic E-state index is 0.0333. The summed E-state index contributed by atoms with van der Waals surface area (Å²) < 4.78 is 38.2. The molecule has 2 nitrogen and oxygen atoms in total. The molecular formula is C21H34F2O2. The summed E-state index contributed by atoms with van der Waals surface area (Å²) in [5, 5.41) is 0. The third-order valence-corrected chi connectivity index (χ3v) is 4.49. The van der Waals surface area contributed by atoms with Crippen molar-refractivity contribution in [3.63, 3.8) is 0 Å². The molecule has 0 amide bonds. The normalized spacial score (nSPS) is 12.2. The van der Waals surface area contributed by atoms with Crippen LogP contribution in [0.5, 0.6) is 11.5 Å². The van der Waals surface area contributed by atoms with Gasteiger partial charge in [-0.1, -0.05) is 58.8 Å². The lowest BCUT2D eigenvalue weighted by Crippen LogP contribution is -2.05. The summed E-state index contributed by atoms with van der Waals surface area (Å²) in [5.41, 5.74) is 0. The highest BCUT2D eigenvalue weighted by molar-refractivity contribution is 5.34. The Bertz CT molecular complexity index is 477. The van der Waals surface area contributed by atoms with Crippen molar-refractivity contribution in [2.45, 2.75) is 78.6 Å². The Morgan fingerprint density at radius 2 is 1.36 bits per heavy atom. The fourth-order valence-corrected chi connectivity index (χ4v) is 3.13. The Labute approximate surface area is 151 Å². The van der Waals surface area contributed by atoms with E-state index in [4.69, 9.17) is 9.47 Å². The quantitative estimate of drug-likeness (QED) is 0.337. The monoisotopic (exact) mass is 356 g/mol. The zero-order chi connectivity index (χ0) is 18.5. The SMILES string of the molecule is CCCCCC(CCC)CCCCOc1ccc(OCC)c(F)c1F. The Kier molecular flexibility index (Phi) is 11.3. The van der Waals surface area contributed by atoms with Gasteiger partial charge in [-0.3, -0.25) is 0 Å². The standard InChI is InChI=1S/C21H34F2O2/c1-4-7-8-12-17(11-5-2)13-9-10-16-25-19-15-14-18(24-6-3)20(22)21(19)23/h14-15,17H,4-13,16H2,1-3H3. The van der Waals surface area contributed by atoms with Gasteiger partial charge in [0.25, 0.3) is 0 Å². The lowest BCUT2D eigenvalue weighted by Gasteiger charge is -2.16. The number of hydrogen-bond acceptors (Lipinski definition) is 2. The molecule has 0 aliphatic rings. The van der Waals surface area contributed by atoms with Gasteiger partial charge in [-0.05, 0) is 37.8 Å². The van der Waals surface area contributed by atoms with Gasteiger partial charge in [-0.25, -0.2) is 0 Å². The van der Waals surface area contributed by atoms with Gasteiger partial charge in [0, 0.05) is 0 Å². The Morgan fingerprint density at radius 1 is 0.760 bits per heavy atom. The molecule has 0 N–H and O–H groups in total. The van der Waals surface area contributed by atoms with Gasteiger partial charge in [0.05, 0.1) is 13.2 Å². The predicted molar refractivity (Wildman–Crippen MR) is 99.4 cm³/mol. The van der Waals surface area contributed by atoms with Crippen LogP contribution in [0.3, 0.4) is 0 Å². The molecule has 25 heavy (non-hydrogen) atoms. The summed E-state index contributed by atoms with van der Waals surface area (Å²) >= 11 is 0. The molecule has 0 saturated carbocycles. The highest BCUT2D eigenvalue weighted by atomic mass is 19.2. The van der Waals surface area contributed by atoms with E-state index in [9.17, 15) is 8.78 Å². The fourth-order valence-electron chi connectivity index (χ4n) is 3.13. The van der Waals surface area contributed by atoms with E-state index >= 15 is 0 Å². The summed E-state index contributed by atoms with van der Waals surface area (Å²) in [6.45, 7) is 6.91. The number of ether oxygens (including phenoxy) is 2. The van der Waals surface area contributed by atoms with Gasteiger partial charge in [0.1, 0.15) is 0 Å². The molecule has 0 bridgehead atoms. The van der Waals surface area contributed by atoms with Crippen molar-refractivity contribution in [3.05, 3.63) is 23.8 Å². The van der Waals surface area contributed by atoms with Gasteiger partial charge in [0.2, 0.25) is 11.6 Å². The summed E-state index contributed by atoms with van der Waals surface area (Å²) in [6, 6.07) is 2.86. The molecule has 0 fully saturated rings. The van der Waals surface area contributed by atoms with Crippen LogP contribution in [0.25, 0.3) is 0 Å². The third-order valence-electron chi connectivity index (χ3n) is 4.49. The van der Waals surface area contributed by atoms with Crippen LogP contribution in [0, 0.1) is 17.6 Å². The number of unbranched alkanes of at least 4 members (excludes halogenated alkanes) is 3. The van der Waals surface area contributed by atoms with Crippen LogP contribution in [0.1, 0.15) is 78.6 Å². The topological polar surface area (TPSA) is 18.5 Å². The lowest BCUT2D eigenvalue weighted by molar-refractivity contribution is 0.269. The maximum atomic E-state index is 13.9. The van der Waals surface area contributed by atoms with E-state index in [-0.39, 0.29) is 11.5 Å². The van der Waals surface area contributed by atoms with Crippen molar-refractivity contribution in [3.8, 4) is 11.5 Å². The number of benzene rings is 1. The van der Waals surface area contributed by atoms with Gasteiger partial charge in [-0.15, -0.1) is 0 Å². The van der Waals surface area contributed by atoms with E-state index in [0.29, 0.717) is 13.2 Å². The summed E-state index contributed by atoms with van der Waals surface area (Å²) in [4.78, 5) is 0. The molecular weight excluding hydrogens is 322 g/mol. The largest absolute Gasteiger partial charge is 0.491 e. The van der Waals surface area contributed by atoms with E-state index in [1.54, 1.807) is 6.92 Å². The molecule has 4 heteroatoms. The molecule has 0 radical (unpaired) electrons. The molecule has 0 spiro atoms. The number of rotatable bonds is 14. The highest BCUT2D eigenvalue weighted by Crippen LogP contribution is 2.28. The smallest absolute Gasteiger partial charge is 0.204 e. The first-order valence-electron chi connectivity index (χ1n) is 9.87. The van der Waals surface area contributed by atoms with Gasteiger partial charge in [0.15, 0.2) is 11.5 Å². The number of hydrogen-bond donors (Lipinski definition) is 0. The van der Waals surface area contributed by atoms with E-state index in [1.807, 2.05) is 0 Å². The van der Waals surface area contributed by atoms with Crippen LogP contribution >= 0.6 is 0 Å². The van der Waals surface area contributed by atoms with E-state index in [0.717, 1.165) is 18.8 Å². The molecule has 0 aromatic heterocycles. The lowest BCUT2D eigenvalue weighted by atomic mass is 9.91. The summed E-state index contributed by atoms with van der Waals surface area (Å²) in [6.07, 6.45) is 10.8. The molecule has 1 atom stereocenters. The van der Waals surface area contributed by atoms with Crippen molar-refractivity contribution < 1.29 is 18.3 Å². The zero-order valence-corrected chi connectivity index (χ0v) is 16.1. The second-order valence-corrected chi connectivity index (χ2v) is 6.62. The second-order valence-electron chi connectivity index (χ2n) is 6.62. The van der Waals surface area contributed by atoms with Crippen LogP contribution < -0.4 is 9.47 Å². The minimum Gasteiger partial charge on any atom is -0.491 e. The van der Waals surface area contributed by atoms with Crippen molar-refractivity contribution >= 4 is 0 Å². The number of halogens is 2. The van der Waals surface area contributed by atoms with E-state index in [1.165, 1.54) is 57.1 Å². The maximum absolute atomic E-state index is 13.9. The zero-order valence-electron chi connectivity index (χ0n) is 16.1. The van der Waals surface area contributed by atoms with Crippen LogP contribution in [0.4, 0.5) is 8.78 Å². The minimum atomic E-state index is -0.974. The summed E-state index contributed by atoms with van der Waals surface area (Å²) in [5.74, 6) is -1.25. The average Bonchev–Trinajstić information content (AvgIpc) is 2.60. The first kappa shape index (κ1) is 21.7. The van der Waals surface area contributed by atoms with Crippen LogP contribution in [-0.2, 0) is 0 Å². The predicted octanol–water partition coefficient (Wildman–Crippen LogP) is 6.91. The Hall–Kier alpha value is -1.32. The van der Waals surface area contributed by atoms with Gasteiger partial charge >= 0.3 is 0 Å². The molecule has 1 unspecified atom stereocenters. The molecule has 144 valence electrons. The molecule has 0 aliphatic carbocycles. The molecule has 0 saturated heterocycles. The van der Waals surface area contributed by atoms with Crippen molar-refractivity contribution in [1.82, 2.24) is 0 Å². The second kappa shape index (κ2) is 13.0. The fraction of sp³-hybridized carbons (Fsp3) is 0.714. The van der Waals surface area contributed by atoms with Crippen LogP contribution in [0.2, 0.25) is 0 Å². The first-order chi connectivity index (χ1) is 12.1. The average molecular weight is 356 g/mol. The van der Waals surface area contributed by atoms with Gasteiger partial charge in [-0.2, -0.15) is 8.78 Å². The van der Waals surface area contributed by atoms with Crippen molar-refractivity contribution in [2.24, 2.45) is 5.92 Å². The van der Waals surface area contributed by atoms with Crippen molar-refractivity contribution in [1.29, 1.82) is 0 Å². The molecule has 0 aliphatic heterocycles. The molecule has 1 aromatic rings.